The van der Waals surface area contributed by atoms with Crippen molar-refractivity contribution in [3.05, 3.63) is 64.7 Å². The van der Waals surface area contributed by atoms with E-state index in [0.29, 0.717) is 17.0 Å². The van der Waals surface area contributed by atoms with Gasteiger partial charge in [-0.2, -0.15) is 0 Å². The van der Waals surface area contributed by atoms with Crippen molar-refractivity contribution in [1.29, 1.82) is 0 Å². The Morgan fingerprint density at radius 3 is 2.74 bits per heavy atom. The largest absolute Gasteiger partial charge is 0.481 e. The number of carbonyl (C=O) groups is 1. The van der Waals surface area contributed by atoms with Gasteiger partial charge in [-0.25, -0.2) is 4.98 Å². The molecule has 1 aliphatic heterocycles. The third-order valence-corrected chi connectivity index (χ3v) is 5.48. The second-order valence-electron chi connectivity index (χ2n) is 7.81. The Kier molecular flexibility index (Phi) is 5.97. The number of hydrogen-bond acceptors (Lipinski definition) is 6. The van der Waals surface area contributed by atoms with E-state index in [-0.39, 0.29) is 12.3 Å². The summed E-state index contributed by atoms with van der Waals surface area (Å²) in [6.07, 6.45) is 2.30. The summed E-state index contributed by atoms with van der Waals surface area (Å²) >= 11 is 0. The molecule has 1 fully saturated rings. The lowest BCUT2D eigenvalue weighted by Crippen LogP contribution is -2.33. The zero-order chi connectivity index (χ0) is 21.8. The van der Waals surface area contributed by atoms with Gasteiger partial charge in [0.15, 0.2) is 6.61 Å². The number of aromatic nitrogens is 1. The summed E-state index contributed by atoms with van der Waals surface area (Å²) in [6, 6.07) is 15.4. The fraction of sp³-hybridized carbons (Fsp3) is 0.304. The van der Waals surface area contributed by atoms with Gasteiger partial charge in [-0.15, -0.1) is 0 Å². The van der Waals surface area contributed by atoms with Gasteiger partial charge in [-0.3, -0.25) is 14.9 Å². The Morgan fingerprint density at radius 2 is 1.97 bits per heavy atom. The van der Waals surface area contributed by atoms with Crippen molar-refractivity contribution in [3.63, 3.8) is 0 Å². The number of para-hydroxylation sites is 1. The molecule has 1 amide bonds. The van der Waals surface area contributed by atoms with Crippen molar-refractivity contribution < 1.29 is 14.5 Å². The minimum Gasteiger partial charge on any atom is -0.481 e. The Hall–Kier alpha value is -3.68. The van der Waals surface area contributed by atoms with Gasteiger partial charge in [0.2, 0.25) is 0 Å². The minimum atomic E-state index is -0.505. The van der Waals surface area contributed by atoms with Crippen LogP contribution in [0.1, 0.15) is 19.8 Å². The second kappa shape index (κ2) is 8.99. The van der Waals surface area contributed by atoms with E-state index < -0.39 is 10.8 Å². The van der Waals surface area contributed by atoms with Crippen LogP contribution in [0.4, 0.5) is 17.2 Å². The number of nitrogens with one attached hydrogen (secondary N) is 1. The number of nitro groups is 1. The van der Waals surface area contributed by atoms with Crippen molar-refractivity contribution in [2.75, 3.05) is 29.9 Å². The van der Waals surface area contributed by atoms with Crippen molar-refractivity contribution in [3.8, 4) is 5.75 Å². The predicted octanol–water partition coefficient (Wildman–Crippen LogP) is 4.40. The summed E-state index contributed by atoms with van der Waals surface area (Å²) in [4.78, 5) is 29.8. The lowest BCUT2D eigenvalue weighted by molar-refractivity contribution is -0.384. The molecule has 31 heavy (non-hydrogen) atoms. The van der Waals surface area contributed by atoms with Crippen LogP contribution < -0.4 is 15.0 Å². The lowest BCUT2D eigenvalue weighted by Gasteiger charge is -2.31. The van der Waals surface area contributed by atoms with Crippen LogP contribution in [0.15, 0.2) is 54.6 Å². The number of nitro benzene ring substituents is 1. The third-order valence-electron chi connectivity index (χ3n) is 5.48. The highest BCUT2D eigenvalue weighted by Crippen LogP contribution is 2.28. The Balaban J connectivity index is 1.46. The molecule has 160 valence electrons. The summed E-state index contributed by atoms with van der Waals surface area (Å²) in [7, 11) is 0. The van der Waals surface area contributed by atoms with Gasteiger partial charge in [-0.1, -0.05) is 25.1 Å². The van der Waals surface area contributed by atoms with E-state index in [1.165, 1.54) is 18.2 Å². The molecular weight excluding hydrogens is 396 g/mol. The SMILES string of the molecule is CC1CCN(c2ccc3cccc(OCC(=O)Nc4cccc([N+](=O)[O-])c4)c3n2)CC1. The van der Waals surface area contributed by atoms with Gasteiger partial charge in [0.1, 0.15) is 17.1 Å². The molecule has 0 atom stereocenters. The topological polar surface area (TPSA) is 97.6 Å². The summed E-state index contributed by atoms with van der Waals surface area (Å²) in [6.45, 7) is 4.01. The summed E-state index contributed by atoms with van der Waals surface area (Å²) in [5, 5.41) is 14.5. The maximum absolute atomic E-state index is 12.3. The van der Waals surface area contributed by atoms with Gasteiger partial charge < -0.3 is 15.0 Å². The normalized spacial score (nSPS) is 14.4. The first kappa shape index (κ1) is 20.6. The van der Waals surface area contributed by atoms with Gasteiger partial charge in [0.25, 0.3) is 11.6 Å². The highest BCUT2D eigenvalue weighted by atomic mass is 16.6. The van der Waals surface area contributed by atoms with Crippen LogP contribution in [0.3, 0.4) is 0 Å². The maximum Gasteiger partial charge on any atom is 0.271 e. The van der Waals surface area contributed by atoms with Crippen LogP contribution in [0.25, 0.3) is 10.9 Å². The van der Waals surface area contributed by atoms with Gasteiger partial charge in [-0.05, 0) is 43.0 Å². The van der Waals surface area contributed by atoms with E-state index in [2.05, 4.69) is 17.1 Å². The number of benzene rings is 2. The molecule has 1 aliphatic rings. The van der Waals surface area contributed by atoms with Crippen molar-refractivity contribution in [2.24, 2.45) is 5.92 Å². The first-order valence-corrected chi connectivity index (χ1v) is 10.3. The Morgan fingerprint density at radius 1 is 1.19 bits per heavy atom. The molecule has 8 heteroatoms. The summed E-state index contributed by atoms with van der Waals surface area (Å²) in [5.74, 6) is 1.77. The molecule has 1 N–H and O–H groups in total. The van der Waals surface area contributed by atoms with Gasteiger partial charge >= 0.3 is 0 Å². The van der Waals surface area contributed by atoms with Crippen molar-refractivity contribution in [1.82, 2.24) is 4.98 Å². The van der Waals surface area contributed by atoms with Crippen LogP contribution in [-0.2, 0) is 4.79 Å². The molecule has 0 bridgehead atoms. The molecule has 2 aromatic carbocycles. The van der Waals surface area contributed by atoms with Crippen LogP contribution in [-0.4, -0.2) is 35.5 Å². The first-order valence-electron chi connectivity index (χ1n) is 10.3. The quantitative estimate of drug-likeness (QED) is 0.469. The molecule has 0 unspecified atom stereocenters. The van der Waals surface area contributed by atoms with E-state index in [9.17, 15) is 14.9 Å². The molecule has 4 rings (SSSR count). The number of piperidine rings is 1. The molecule has 0 spiro atoms. The number of fused-ring (bicyclic) bond motifs is 1. The van der Waals surface area contributed by atoms with Gasteiger partial charge in [0, 0.05) is 36.3 Å². The number of hydrogen-bond donors (Lipinski definition) is 1. The smallest absolute Gasteiger partial charge is 0.271 e. The number of non-ortho nitro benzene ring substituents is 1. The van der Waals surface area contributed by atoms with E-state index in [1.54, 1.807) is 12.1 Å². The monoisotopic (exact) mass is 420 g/mol. The average molecular weight is 420 g/mol. The van der Waals surface area contributed by atoms with E-state index in [4.69, 9.17) is 9.72 Å². The van der Waals surface area contributed by atoms with Gasteiger partial charge in [0.05, 0.1) is 4.92 Å². The number of ether oxygens (including phenoxy) is 1. The lowest BCUT2D eigenvalue weighted by atomic mass is 9.99. The standard InChI is InChI=1S/C23H24N4O4/c1-16-10-12-26(13-11-16)21-9-8-17-4-2-7-20(23(17)25-21)31-15-22(28)24-18-5-3-6-19(14-18)27(29)30/h2-9,14,16H,10-13,15H2,1H3,(H,24,28). The number of rotatable bonds is 6. The number of anilines is 2. The number of amides is 1. The Labute approximate surface area is 180 Å². The van der Waals surface area contributed by atoms with Crippen LogP contribution >= 0.6 is 0 Å². The highest BCUT2D eigenvalue weighted by Gasteiger charge is 2.18. The average Bonchev–Trinajstić information content (AvgIpc) is 2.78. The molecule has 1 aromatic heterocycles. The number of carbonyl (C=O) groups excluding carboxylic acids is 1. The Bertz CT molecular complexity index is 1110. The molecule has 0 aliphatic carbocycles. The fourth-order valence-corrected chi connectivity index (χ4v) is 3.68. The van der Waals surface area contributed by atoms with E-state index >= 15 is 0 Å². The number of nitrogens with zero attached hydrogens (tertiary/aromatic N) is 3. The predicted molar refractivity (Wildman–Crippen MR) is 120 cm³/mol. The maximum atomic E-state index is 12.3. The third kappa shape index (κ3) is 4.91. The molecule has 0 saturated carbocycles. The molecule has 0 radical (unpaired) electrons. The minimum absolute atomic E-state index is 0.0865. The van der Waals surface area contributed by atoms with Crippen molar-refractivity contribution >= 4 is 34.0 Å². The zero-order valence-corrected chi connectivity index (χ0v) is 17.3. The second-order valence-corrected chi connectivity index (χ2v) is 7.81. The number of pyridine rings is 1. The van der Waals surface area contributed by atoms with Crippen LogP contribution in [0.2, 0.25) is 0 Å². The van der Waals surface area contributed by atoms with E-state index in [1.807, 2.05) is 24.3 Å². The molecule has 8 nitrogen and oxygen atoms in total. The van der Waals surface area contributed by atoms with Crippen LogP contribution in [0.5, 0.6) is 5.75 Å². The molecule has 3 aromatic rings. The molecule has 2 heterocycles. The van der Waals surface area contributed by atoms with E-state index in [0.717, 1.165) is 43.1 Å². The zero-order valence-electron chi connectivity index (χ0n) is 17.3. The van der Waals surface area contributed by atoms with Crippen LogP contribution in [0, 0.1) is 16.0 Å². The highest BCUT2D eigenvalue weighted by molar-refractivity contribution is 5.93. The fourth-order valence-electron chi connectivity index (χ4n) is 3.68. The summed E-state index contributed by atoms with van der Waals surface area (Å²) < 4.78 is 5.76. The summed E-state index contributed by atoms with van der Waals surface area (Å²) in [5.41, 5.74) is 0.971. The van der Waals surface area contributed by atoms with Crippen molar-refractivity contribution in [2.45, 2.75) is 19.8 Å². The molecule has 1 saturated heterocycles. The molecular formula is C23H24N4O4. The first-order chi connectivity index (χ1) is 15.0.